The van der Waals surface area contributed by atoms with Crippen molar-refractivity contribution >= 4 is 23.7 Å². The topological polar surface area (TPSA) is 84.0 Å². The summed E-state index contributed by atoms with van der Waals surface area (Å²) in [6.45, 7) is 5.83. The Morgan fingerprint density at radius 2 is 1.72 bits per heavy atom. The Hall–Kier alpha value is -2.70. The fraction of sp³-hybridized carbons (Fsp3) is 0.545. The minimum atomic E-state index is -1.07. The third-order valence-electron chi connectivity index (χ3n) is 5.73. The minimum Gasteiger partial charge on any atom is -0.454 e. The van der Waals surface area contributed by atoms with Crippen LogP contribution in [0.4, 0.5) is 0 Å². The molecule has 1 aromatic rings. The molecule has 1 fully saturated rings. The summed E-state index contributed by atoms with van der Waals surface area (Å²) in [5.74, 6) is -2.31. The van der Waals surface area contributed by atoms with E-state index < -0.39 is 23.8 Å². The number of carbonyl (C=O) groups excluding carboxylic acids is 4. The Balaban J connectivity index is 1.70. The molecule has 2 aliphatic rings. The predicted molar refractivity (Wildman–Crippen MR) is 106 cm³/mol. The molecule has 0 saturated carbocycles. The quantitative estimate of drug-likeness (QED) is 0.541. The van der Waals surface area contributed by atoms with Crippen molar-refractivity contribution in [1.82, 2.24) is 9.80 Å². The Labute approximate surface area is 171 Å². The van der Waals surface area contributed by atoms with Crippen molar-refractivity contribution in [3.8, 4) is 0 Å². The molecule has 2 atom stereocenters. The van der Waals surface area contributed by atoms with Gasteiger partial charge in [-0.2, -0.15) is 0 Å². The van der Waals surface area contributed by atoms with Gasteiger partial charge in [0.1, 0.15) is 6.04 Å². The summed E-state index contributed by atoms with van der Waals surface area (Å²) in [5.41, 5.74) is 0.567. The Morgan fingerprint density at radius 3 is 2.28 bits per heavy atom. The minimum absolute atomic E-state index is 0.173. The lowest BCUT2D eigenvalue weighted by molar-refractivity contribution is -0.157. The van der Waals surface area contributed by atoms with Gasteiger partial charge in [-0.3, -0.25) is 19.3 Å². The molecule has 0 bridgehead atoms. The summed E-state index contributed by atoms with van der Waals surface area (Å²) in [7, 11) is 0. The van der Waals surface area contributed by atoms with Crippen LogP contribution >= 0.6 is 0 Å². The van der Waals surface area contributed by atoms with E-state index in [4.69, 9.17) is 4.74 Å². The summed E-state index contributed by atoms with van der Waals surface area (Å²) >= 11 is 0. The number of fused-ring (bicyclic) bond motifs is 1. The van der Waals surface area contributed by atoms with Crippen LogP contribution in [0, 0.1) is 5.92 Å². The van der Waals surface area contributed by atoms with Crippen LogP contribution < -0.4 is 0 Å². The van der Waals surface area contributed by atoms with Gasteiger partial charge in [-0.05, 0) is 43.7 Å². The molecule has 1 saturated heterocycles. The maximum Gasteiger partial charge on any atom is 0.330 e. The van der Waals surface area contributed by atoms with Crippen molar-refractivity contribution in [2.24, 2.45) is 5.92 Å². The van der Waals surface area contributed by atoms with E-state index >= 15 is 0 Å². The van der Waals surface area contributed by atoms with Gasteiger partial charge in [-0.15, -0.1) is 0 Å². The highest BCUT2D eigenvalue weighted by atomic mass is 16.5. The molecule has 7 heteroatoms. The zero-order valence-electron chi connectivity index (χ0n) is 17.2. The second kappa shape index (κ2) is 8.76. The SMILES string of the molecule is CC[C@@H]1CCCCN1C(=O)COC(=O)[C@H](C(C)C)N1C(=O)c2ccccc2C1=O. The Kier molecular flexibility index (Phi) is 6.35. The maximum atomic E-state index is 12.8. The summed E-state index contributed by atoms with van der Waals surface area (Å²) in [6.07, 6.45) is 3.86. The first-order valence-corrected chi connectivity index (χ1v) is 10.3. The molecule has 0 aliphatic carbocycles. The van der Waals surface area contributed by atoms with Gasteiger partial charge in [0.05, 0.1) is 11.1 Å². The van der Waals surface area contributed by atoms with Crippen LogP contribution in [0.2, 0.25) is 0 Å². The lowest BCUT2D eigenvalue weighted by Gasteiger charge is -2.35. The lowest BCUT2D eigenvalue weighted by Crippen LogP contribution is -2.50. The number of rotatable bonds is 6. The number of benzene rings is 1. The number of nitrogens with zero attached hydrogens (tertiary/aromatic N) is 2. The average molecular weight is 400 g/mol. The normalized spacial score (nSPS) is 20.1. The number of ether oxygens (including phenoxy) is 1. The van der Waals surface area contributed by atoms with E-state index in [1.165, 1.54) is 0 Å². The zero-order valence-corrected chi connectivity index (χ0v) is 17.2. The number of hydrogen-bond donors (Lipinski definition) is 0. The number of hydrogen-bond acceptors (Lipinski definition) is 5. The van der Waals surface area contributed by atoms with E-state index in [0.29, 0.717) is 6.54 Å². The molecule has 156 valence electrons. The first kappa shape index (κ1) is 21.0. The van der Waals surface area contributed by atoms with Gasteiger partial charge in [0.25, 0.3) is 17.7 Å². The fourth-order valence-electron chi connectivity index (χ4n) is 4.19. The average Bonchev–Trinajstić information content (AvgIpc) is 2.97. The largest absolute Gasteiger partial charge is 0.454 e. The van der Waals surface area contributed by atoms with Gasteiger partial charge in [-0.1, -0.05) is 32.9 Å². The molecule has 0 aromatic heterocycles. The van der Waals surface area contributed by atoms with Crippen LogP contribution in [0.1, 0.15) is 67.2 Å². The van der Waals surface area contributed by atoms with Crippen LogP contribution in [-0.2, 0) is 14.3 Å². The molecule has 29 heavy (non-hydrogen) atoms. The second-order valence-corrected chi connectivity index (χ2v) is 7.97. The van der Waals surface area contributed by atoms with E-state index in [2.05, 4.69) is 0 Å². The predicted octanol–water partition coefficient (Wildman–Crippen LogP) is 2.64. The van der Waals surface area contributed by atoms with Crippen LogP contribution in [0.25, 0.3) is 0 Å². The standard InChI is InChI=1S/C22H28N2O5/c1-4-15-9-7-8-12-23(15)18(25)13-29-22(28)19(14(2)3)24-20(26)16-10-5-6-11-17(16)21(24)27/h5-6,10-11,14-15,19H,4,7-9,12-13H2,1-3H3/t15-,19+/m1/s1. The van der Waals surface area contributed by atoms with Gasteiger partial charge in [0.15, 0.2) is 6.61 Å². The third kappa shape index (κ3) is 4.04. The Bertz CT molecular complexity index is 784. The highest BCUT2D eigenvalue weighted by molar-refractivity contribution is 6.22. The van der Waals surface area contributed by atoms with Gasteiger partial charge >= 0.3 is 5.97 Å². The summed E-state index contributed by atoms with van der Waals surface area (Å²) in [4.78, 5) is 53.7. The van der Waals surface area contributed by atoms with Gasteiger partial charge in [0, 0.05) is 12.6 Å². The number of esters is 1. The number of amides is 3. The molecule has 0 spiro atoms. The van der Waals surface area contributed by atoms with E-state index in [1.54, 1.807) is 43.0 Å². The van der Waals surface area contributed by atoms with E-state index in [9.17, 15) is 19.2 Å². The van der Waals surface area contributed by atoms with Crippen molar-refractivity contribution in [3.05, 3.63) is 35.4 Å². The van der Waals surface area contributed by atoms with Crippen molar-refractivity contribution < 1.29 is 23.9 Å². The summed E-state index contributed by atoms with van der Waals surface area (Å²) in [6, 6.07) is 5.60. The first-order valence-electron chi connectivity index (χ1n) is 10.3. The van der Waals surface area contributed by atoms with Crippen LogP contribution in [0.5, 0.6) is 0 Å². The van der Waals surface area contributed by atoms with E-state index in [1.807, 2.05) is 6.92 Å². The molecule has 0 N–H and O–H groups in total. The number of piperidine rings is 1. The highest BCUT2D eigenvalue weighted by Crippen LogP contribution is 2.28. The molecular formula is C22H28N2O5. The third-order valence-corrected chi connectivity index (χ3v) is 5.73. The molecule has 2 heterocycles. The van der Waals surface area contributed by atoms with Crippen molar-refractivity contribution in [3.63, 3.8) is 0 Å². The fourth-order valence-corrected chi connectivity index (χ4v) is 4.19. The van der Waals surface area contributed by atoms with Gasteiger partial charge in [-0.25, -0.2) is 4.79 Å². The molecule has 2 aliphatic heterocycles. The van der Waals surface area contributed by atoms with Crippen LogP contribution in [0.15, 0.2) is 24.3 Å². The molecule has 3 rings (SSSR count). The van der Waals surface area contributed by atoms with Crippen molar-refractivity contribution in [2.45, 2.75) is 58.5 Å². The molecule has 7 nitrogen and oxygen atoms in total. The molecular weight excluding hydrogens is 372 g/mol. The smallest absolute Gasteiger partial charge is 0.330 e. The molecule has 1 aromatic carbocycles. The van der Waals surface area contributed by atoms with Gasteiger partial charge < -0.3 is 9.64 Å². The van der Waals surface area contributed by atoms with E-state index in [0.717, 1.165) is 30.6 Å². The van der Waals surface area contributed by atoms with Crippen molar-refractivity contribution in [2.75, 3.05) is 13.2 Å². The highest BCUT2D eigenvalue weighted by Gasteiger charge is 2.44. The second-order valence-electron chi connectivity index (χ2n) is 7.97. The van der Waals surface area contributed by atoms with Gasteiger partial charge in [0.2, 0.25) is 0 Å². The van der Waals surface area contributed by atoms with Crippen LogP contribution in [0.3, 0.4) is 0 Å². The summed E-state index contributed by atoms with van der Waals surface area (Å²) < 4.78 is 5.30. The maximum absolute atomic E-state index is 12.8. The molecule has 0 unspecified atom stereocenters. The molecule has 0 radical (unpaired) electrons. The number of imide groups is 1. The molecule has 3 amide bonds. The van der Waals surface area contributed by atoms with Crippen molar-refractivity contribution in [1.29, 1.82) is 0 Å². The first-order chi connectivity index (χ1) is 13.9. The zero-order chi connectivity index (χ0) is 21.1. The van der Waals surface area contributed by atoms with Crippen LogP contribution in [-0.4, -0.2) is 58.7 Å². The number of carbonyl (C=O) groups is 4. The lowest BCUT2D eigenvalue weighted by atomic mass is 10.00. The Morgan fingerprint density at radius 1 is 1.10 bits per heavy atom. The monoisotopic (exact) mass is 400 g/mol. The van der Waals surface area contributed by atoms with E-state index in [-0.39, 0.29) is 35.6 Å². The number of likely N-dealkylation sites (tertiary alicyclic amines) is 1. The summed E-state index contributed by atoms with van der Waals surface area (Å²) in [5, 5.41) is 0.